The van der Waals surface area contributed by atoms with Crippen molar-refractivity contribution >= 4 is 23.4 Å². The second kappa shape index (κ2) is 7.70. The molecule has 2 aromatic rings. The first-order valence-electron chi connectivity index (χ1n) is 9.06. The largest absolute Gasteiger partial charge is 0.488 e. The number of anilines is 1. The molecule has 2 heterocycles. The van der Waals surface area contributed by atoms with Crippen LogP contribution in [0.2, 0.25) is 5.02 Å². The van der Waals surface area contributed by atoms with Gasteiger partial charge in [-0.3, -0.25) is 4.90 Å². The summed E-state index contributed by atoms with van der Waals surface area (Å²) in [6.45, 7) is 3.05. The summed E-state index contributed by atoms with van der Waals surface area (Å²) in [4.78, 5) is 2.43. The van der Waals surface area contributed by atoms with Gasteiger partial charge in [0.1, 0.15) is 18.1 Å². The Morgan fingerprint density at radius 3 is 2.77 bits per heavy atom. The Bertz CT molecular complexity index is 785. The second-order valence-electron chi connectivity index (χ2n) is 6.93. The Kier molecular flexibility index (Phi) is 5.16. The van der Waals surface area contributed by atoms with E-state index in [1.54, 1.807) is 6.08 Å². The highest BCUT2D eigenvalue weighted by molar-refractivity contribution is 6.30. The number of halogens is 1. The molecule has 0 aliphatic carbocycles. The third-order valence-electron chi connectivity index (χ3n) is 4.86. The molecule has 2 aliphatic rings. The van der Waals surface area contributed by atoms with Crippen molar-refractivity contribution in [2.45, 2.75) is 25.2 Å². The molecule has 1 saturated heterocycles. The Morgan fingerprint density at radius 1 is 1.15 bits per heavy atom. The number of ether oxygens (including phenoxy) is 1. The van der Waals surface area contributed by atoms with Crippen LogP contribution >= 0.6 is 11.6 Å². The summed E-state index contributed by atoms with van der Waals surface area (Å²) in [7, 11) is 0. The normalized spacial score (nSPS) is 19.5. The van der Waals surface area contributed by atoms with E-state index in [0.29, 0.717) is 0 Å². The Morgan fingerprint density at radius 2 is 1.96 bits per heavy atom. The highest BCUT2D eigenvalue weighted by atomic mass is 35.5. The first-order chi connectivity index (χ1) is 12.7. The monoisotopic (exact) mass is 370 g/mol. The number of fused-ring (bicyclic) bond motifs is 1. The van der Waals surface area contributed by atoms with Gasteiger partial charge < -0.3 is 15.2 Å². The van der Waals surface area contributed by atoms with E-state index in [1.807, 2.05) is 36.4 Å². The van der Waals surface area contributed by atoms with Crippen molar-refractivity contribution in [3.8, 4) is 5.75 Å². The molecule has 0 saturated carbocycles. The van der Waals surface area contributed by atoms with E-state index in [1.165, 1.54) is 5.56 Å². The fourth-order valence-electron chi connectivity index (χ4n) is 3.42. The van der Waals surface area contributed by atoms with Crippen molar-refractivity contribution < 1.29 is 9.84 Å². The zero-order valence-electron chi connectivity index (χ0n) is 14.6. The van der Waals surface area contributed by atoms with Crippen LogP contribution in [0, 0.1) is 0 Å². The molecule has 4 nitrogen and oxygen atoms in total. The summed E-state index contributed by atoms with van der Waals surface area (Å²) >= 11 is 5.92. The third-order valence-corrected chi connectivity index (χ3v) is 5.12. The smallest absolute Gasteiger partial charge is 0.144 e. The molecule has 0 aromatic heterocycles. The van der Waals surface area contributed by atoms with Crippen LogP contribution in [0.5, 0.6) is 5.75 Å². The molecule has 2 aliphatic heterocycles. The highest BCUT2D eigenvalue weighted by Gasteiger charge is 2.28. The van der Waals surface area contributed by atoms with Gasteiger partial charge in [-0.25, -0.2) is 0 Å². The van der Waals surface area contributed by atoms with E-state index in [0.717, 1.165) is 54.5 Å². The van der Waals surface area contributed by atoms with E-state index < -0.39 is 6.23 Å². The van der Waals surface area contributed by atoms with Crippen LogP contribution in [0.4, 0.5) is 5.69 Å². The quantitative estimate of drug-likeness (QED) is 0.812. The minimum absolute atomic E-state index is 0.259. The summed E-state index contributed by atoms with van der Waals surface area (Å²) in [6.07, 6.45) is 5.53. The molecule has 26 heavy (non-hydrogen) atoms. The van der Waals surface area contributed by atoms with Gasteiger partial charge in [-0.1, -0.05) is 29.8 Å². The first-order valence-corrected chi connectivity index (χ1v) is 9.44. The van der Waals surface area contributed by atoms with Gasteiger partial charge in [-0.15, -0.1) is 0 Å². The van der Waals surface area contributed by atoms with Crippen molar-refractivity contribution in [1.29, 1.82) is 0 Å². The molecular formula is C21H23ClN2O2. The molecular weight excluding hydrogens is 348 g/mol. The van der Waals surface area contributed by atoms with Crippen LogP contribution in [0.3, 0.4) is 0 Å². The van der Waals surface area contributed by atoms with Gasteiger partial charge in [0.15, 0.2) is 0 Å². The van der Waals surface area contributed by atoms with Gasteiger partial charge in [0, 0.05) is 29.4 Å². The SMILES string of the molecule is OC1C=Cc2cc(OC3CN(CCCc4ccc(Cl)cc4)C3)ccc2N1. The highest BCUT2D eigenvalue weighted by Crippen LogP contribution is 2.28. The van der Waals surface area contributed by atoms with Crippen molar-refractivity contribution in [2.75, 3.05) is 25.0 Å². The lowest BCUT2D eigenvalue weighted by Crippen LogP contribution is -2.53. The molecule has 1 atom stereocenters. The van der Waals surface area contributed by atoms with Crippen molar-refractivity contribution in [3.63, 3.8) is 0 Å². The standard InChI is InChI=1S/C21H23ClN2O2/c22-17-6-3-15(4-7-17)2-1-11-24-13-19(14-24)26-18-8-9-20-16(12-18)5-10-21(25)23-20/h3-10,12,19,21,23,25H,1-2,11,13-14H2. The van der Waals surface area contributed by atoms with E-state index in [9.17, 15) is 5.11 Å². The van der Waals surface area contributed by atoms with Crippen LogP contribution < -0.4 is 10.1 Å². The van der Waals surface area contributed by atoms with Crippen LogP contribution in [0.25, 0.3) is 6.08 Å². The third kappa shape index (κ3) is 4.21. The minimum Gasteiger partial charge on any atom is -0.488 e. The fourth-order valence-corrected chi connectivity index (χ4v) is 3.54. The number of nitrogens with zero attached hydrogens (tertiary/aromatic N) is 1. The van der Waals surface area contributed by atoms with Crippen molar-refractivity contribution in [2.24, 2.45) is 0 Å². The summed E-state index contributed by atoms with van der Waals surface area (Å²) in [5, 5.41) is 13.4. The first kappa shape index (κ1) is 17.4. The number of nitrogens with one attached hydrogen (secondary N) is 1. The fraction of sp³-hybridized carbons (Fsp3) is 0.333. The predicted octanol–water partition coefficient (Wildman–Crippen LogP) is 3.79. The molecule has 136 valence electrons. The number of aliphatic hydroxyl groups is 1. The van der Waals surface area contributed by atoms with Gasteiger partial charge in [0.2, 0.25) is 0 Å². The Balaban J connectivity index is 1.20. The molecule has 0 radical (unpaired) electrons. The molecule has 0 spiro atoms. The van der Waals surface area contributed by atoms with Gasteiger partial charge in [-0.2, -0.15) is 0 Å². The van der Waals surface area contributed by atoms with Crippen LogP contribution in [-0.4, -0.2) is 42.0 Å². The number of aliphatic hydroxyl groups excluding tert-OH is 1. The van der Waals surface area contributed by atoms with Crippen molar-refractivity contribution in [3.05, 3.63) is 64.7 Å². The molecule has 0 amide bonds. The predicted molar refractivity (Wildman–Crippen MR) is 106 cm³/mol. The Hall–Kier alpha value is -2.01. The van der Waals surface area contributed by atoms with Gasteiger partial charge in [0.25, 0.3) is 0 Å². The lowest BCUT2D eigenvalue weighted by Gasteiger charge is -2.39. The van der Waals surface area contributed by atoms with E-state index >= 15 is 0 Å². The lowest BCUT2D eigenvalue weighted by molar-refractivity contribution is 0.0195. The van der Waals surface area contributed by atoms with E-state index in [4.69, 9.17) is 16.3 Å². The molecule has 2 N–H and O–H groups in total. The van der Waals surface area contributed by atoms with Crippen LogP contribution in [0.1, 0.15) is 17.5 Å². The van der Waals surface area contributed by atoms with Crippen LogP contribution in [0.15, 0.2) is 48.5 Å². The molecule has 2 aromatic carbocycles. The topological polar surface area (TPSA) is 44.7 Å². The van der Waals surface area contributed by atoms with E-state index in [-0.39, 0.29) is 6.10 Å². The minimum atomic E-state index is -0.609. The van der Waals surface area contributed by atoms with E-state index in [2.05, 4.69) is 22.3 Å². The van der Waals surface area contributed by atoms with Crippen LogP contribution in [-0.2, 0) is 6.42 Å². The maximum absolute atomic E-state index is 9.56. The molecule has 5 heteroatoms. The number of hydrogen-bond acceptors (Lipinski definition) is 4. The molecule has 1 fully saturated rings. The number of aryl methyl sites for hydroxylation is 1. The number of benzene rings is 2. The molecule has 1 unspecified atom stereocenters. The average molecular weight is 371 g/mol. The van der Waals surface area contributed by atoms with Crippen molar-refractivity contribution in [1.82, 2.24) is 4.90 Å². The summed E-state index contributed by atoms with van der Waals surface area (Å²) in [6, 6.07) is 14.0. The average Bonchev–Trinajstić information content (AvgIpc) is 2.61. The van der Waals surface area contributed by atoms with Gasteiger partial charge in [0.05, 0.1) is 0 Å². The maximum Gasteiger partial charge on any atom is 0.144 e. The van der Waals surface area contributed by atoms with Gasteiger partial charge >= 0.3 is 0 Å². The molecule has 4 rings (SSSR count). The zero-order chi connectivity index (χ0) is 17.9. The summed E-state index contributed by atoms with van der Waals surface area (Å²) in [5.74, 6) is 0.886. The zero-order valence-corrected chi connectivity index (χ0v) is 15.3. The number of hydrogen-bond donors (Lipinski definition) is 2. The summed E-state index contributed by atoms with van der Waals surface area (Å²) in [5.41, 5.74) is 3.32. The number of likely N-dealkylation sites (tertiary alicyclic amines) is 1. The number of rotatable bonds is 6. The maximum atomic E-state index is 9.56. The summed E-state index contributed by atoms with van der Waals surface area (Å²) < 4.78 is 6.07. The van der Waals surface area contributed by atoms with Gasteiger partial charge in [-0.05, 0) is 61.4 Å². The lowest BCUT2D eigenvalue weighted by atomic mass is 10.1. The Labute approximate surface area is 159 Å². The molecule has 0 bridgehead atoms. The second-order valence-corrected chi connectivity index (χ2v) is 7.36.